The van der Waals surface area contributed by atoms with Crippen molar-refractivity contribution in [3.63, 3.8) is 0 Å². The van der Waals surface area contributed by atoms with Crippen LogP contribution in [-0.2, 0) is 0 Å². The van der Waals surface area contributed by atoms with Crippen LogP contribution in [0.3, 0.4) is 0 Å². The summed E-state index contributed by atoms with van der Waals surface area (Å²) in [6.07, 6.45) is 8.14. The van der Waals surface area contributed by atoms with Crippen molar-refractivity contribution in [1.82, 2.24) is 9.36 Å². The first-order valence-corrected chi connectivity index (χ1v) is 5.35. The summed E-state index contributed by atoms with van der Waals surface area (Å²) in [7, 11) is 0. The molecule has 1 aromatic heterocycles. The lowest BCUT2D eigenvalue weighted by Crippen LogP contribution is -2.18. The molecule has 0 saturated carbocycles. The van der Waals surface area contributed by atoms with E-state index in [1.165, 1.54) is 30.8 Å². The van der Waals surface area contributed by atoms with Crippen LogP contribution >= 0.6 is 11.5 Å². The smallest absolute Gasteiger partial charge is 0.203 e. The highest BCUT2D eigenvalue weighted by molar-refractivity contribution is 7.09. The quantitative estimate of drug-likeness (QED) is 0.736. The molecule has 0 radical (unpaired) electrons. The average molecular weight is 195 g/mol. The number of nitrogens with one attached hydrogen (secondary N) is 1. The summed E-state index contributed by atoms with van der Waals surface area (Å²) in [4.78, 5) is 4.27. The molecule has 1 heterocycles. The van der Waals surface area contributed by atoms with Gasteiger partial charge in [0.05, 0.1) is 0 Å². The lowest BCUT2D eigenvalue weighted by atomic mass is 10.0. The van der Waals surface area contributed by atoms with Crippen LogP contribution in [0.5, 0.6) is 0 Å². The predicted octanol–water partition coefficient (Wildman–Crippen LogP) is 2.37. The number of hydrogen-bond acceptors (Lipinski definition) is 4. The van der Waals surface area contributed by atoms with E-state index in [2.05, 4.69) is 26.8 Å². The number of hydrogen-bond donors (Lipinski definition) is 1. The van der Waals surface area contributed by atoms with Crippen LogP contribution in [0.2, 0.25) is 0 Å². The summed E-state index contributed by atoms with van der Waals surface area (Å²) in [6, 6.07) is 0.459. The van der Waals surface area contributed by atoms with Crippen molar-refractivity contribution >= 4 is 16.7 Å². The van der Waals surface area contributed by atoms with Gasteiger partial charge in [0.25, 0.3) is 0 Å². The van der Waals surface area contributed by atoms with Gasteiger partial charge >= 0.3 is 0 Å². The van der Waals surface area contributed by atoms with Crippen LogP contribution in [0, 0.1) is 6.92 Å². The SMILES string of the molecule is Cc1nsc(NC2C=CCCC2)n1. The molecule has 0 saturated heterocycles. The van der Waals surface area contributed by atoms with Crippen molar-refractivity contribution in [3.05, 3.63) is 18.0 Å². The second-order valence-corrected chi connectivity index (χ2v) is 4.01. The third-order valence-corrected chi connectivity index (χ3v) is 2.83. The third kappa shape index (κ3) is 2.28. The highest BCUT2D eigenvalue weighted by Crippen LogP contribution is 2.17. The second-order valence-electron chi connectivity index (χ2n) is 3.26. The Morgan fingerprint density at radius 1 is 1.62 bits per heavy atom. The Morgan fingerprint density at radius 2 is 2.54 bits per heavy atom. The number of aryl methyl sites for hydroxylation is 1. The van der Waals surface area contributed by atoms with Gasteiger partial charge in [-0.15, -0.1) is 0 Å². The van der Waals surface area contributed by atoms with Gasteiger partial charge in [0.2, 0.25) is 5.13 Å². The molecule has 0 fully saturated rings. The predicted molar refractivity (Wildman–Crippen MR) is 55.0 cm³/mol. The average Bonchev–Trinajstić information content (AvgIpc) is 2.53. The van der Waals surface area contributed by atoms with E-state index in [-0.39, 0.29) is 0 Å². The molecule has 4 heteroatoms. The molecular formula is C9H13N3S. The summed E-state index contributed by atoms with van der Waals surface area (Å²) in [5, 5.41) is 4.30. The van der Waals surface area contributed by atoms with Crippen molar-refractivity contribution in [1.29, 1.82) is 0 Å². The fourth-order valence-electron chi connectivity index (χ4n) is 1.45. The summed E-state index contributed by atoms with van der Waals surface area (Å²) >= 11 is 1.44. The van der Waals surface area contributed by atoms with E-state index >= 15 is 0 Å². The van der Waals surface area contributed by atoms with Crippen LogP contribution in [-0.4, -0.2) is 15.4 Å². The van der Waals surface area contributed by atoms with E-state index in [0.29, 0.717) is 6.04 Å². The van der Waals surface area contributed by atoms with E-state index < -0.39 is 0 Å². The molecule has 0 amide bonds. The maximum Gasteiger partial charge on any atom is 0.203 e. The van der Waals surface area contributed by atoms with Crippen LogP contribution in [0.4, 0.5) is 5.13 Å². The van der Waals surface area contributed by atoms with Gasteiger partial charge in [0, 0.05) is 17.6 Å². The van der Waals surface area contributed by atoms with Gasteiger partial charge in [-0.3, -0.25) is 0 Å². The number of nitrogens with zero attached hydrogens (tertiary/aromatic N) is 2. The number of anilines is 1. The first kappa shape index (κ1) is 8.69. The zero-order valence-electron chi connectivity index (χ0n) is 7.66. The molecule has 1 aromatic rings. The van der Waals surface area contributed by atoms with E-state index in [1.54, 1.807) is 0 Å². The first-order chi connectivity index (χ1) is 6.34. The Bertz CT molecular complexity index is 306. The Balaban J connectivity index is 1.97. The molecule has 0 aromatic carbocycles. The van der Waals surface area contributed by atoms with Gasteiger partial charge in [0.1, 0.15) is 5.82 Å². The van der Waals surface area contributed by atoms with Crippen molar-refractivity contribution < 1.29 is 0 Å². The standard InChI is InChI=1S/C9H13N3S/c1-7-10-9(13-12-7)11-8-5-3-2-4-6-8/h3,5,8H,2,4,6H2,1H3,(H,10,11,12). The number of rotatable bonds is 2. The molecule has 0 aliphatic heterocycles. The van der Waals surface area contributed by atoms with Crippen LogP contribution < -0.4 is 5.32 Å². The van der Waals surface area contributed by atoms with Gasteiger partial charge in [-0.1, -0.05) is 12.2 Å². The summed E-state index contributed by atoms with van der Waals surface area (Å²) in [5.74, 6) is 0.854. The topological polar surface area (TPSA) is 37.8 Å². The van der Waals surface area contributed by atoms with Crippen LogP contribution in [0.15, 0.2) is 12.2 Å². The Kier molecular flexibility index (Phi) is 2.59. The fourth-order valence-corrected chi connectivity index (χ4v) is 2.08. The van der Waals surface area contributed by atoms with Crippen LogP contribution in [0.25, 0.3) is 0 Å². The molecule has 0 bridgehead atoms. The maximum absolute atomic E-state index is 4.27. The third-order valence-electron chi connectivity index (χ3n) is 2.09. The van der Waals surface area contributed by atoms with Crippen molar-refractivity contribution in [3.8, 4) is 0 Å². The molecule has 70 valence electrons. The molecule has 1 aliphatic rings. The molecule has 1 N–H and O–H groups in total. The normalized spacial score (nSPS) is 21.8. The molecule has 1 unspecified atom stereocenters. The second kappa shape index (κ2) is 3.87. The lowest BCUT2D eigenvalue weighted by molar-refractivity contribution is 0.673. The molecule has 1 aliphatic carbocycles. The van der Waals surface area contributed by atoms with Gasteiger partial charge in [-0.2, -0.15) is 4.37 Å². The lowest BCUT2D eigenvalue weighted by Gasteiger charge is -2.16. The monoisotopic (exact) mass is 195 g/mol. The molecule has 2 rings (SSSR count). The molecule has 3 nitrogen and oxygen atoms in total. The molecule has 1 atom stereocenters. The van der Waals surface area contributed by atoms with E-state index in [0.717, 1.165) is 11.0 Å². The number of allylic oxidation sites excluding steroid dienone is 1. The largest absolute Gasteiger partial charge is 0.354 e. The van der Waals surface area contributed by atoms with E-state index in [4.69, 9.17) is 0 Å². The zero-order valence-corrected chi connectivity index (χ0v) is 8.47. The van der Waals surface area contributed by atoms with Gasteiger partial charge < -0.3 is 5.32 Å². The van der Waals surface area contributed by atoms with Gasteiger partial charge in [-0.25, -0.2) is 4.98 Å². The van der Waals surface area contributed by atoms with Crippen molar-refractivity contribution in [2.75, 3.05) is 5.32 Å². The van der Waals surface area contributed by atoms with E-state index in [9.17, 15) is 0 Å². The van der Waals surface area contributed by atoms with Gasteiger partial charge in [-0.05, 0) is 26.2 Å². The van der Waals surface area contributed by atoms with Crippen LogP contribution in [0.1, 0.15) is 25.1 Å². The maximum atomic E-state index is 4.27. The number of aromatic nitrogens is 2. The van der Waals surface area contributed by atoms with Crippen molar-refractivity contribution in [2.45, 2.75) is 32.2 Å². The van der Waals surface area contributed by atoms with E-state index in [1.807, 2.05) is 6.92 Å². The summed E-state index contributed by atoms with van der Waals surface area (Å²) < 4.78 is 4.13. The summed E-state index contributed by atoms with van der Waals surface area (Å²) in [5.41, 5.74) is 0. The Hall–Kier alpha value is -0.900. The highest BCUT2D eigenvalue weighted by Gasteiger charge is 2.09. The van der Waals surface area contributed by atoms with Crippen molar-refractivity contribution in [2.24, 2.45) is 0 Å². The fraction of sp³-hybridized carbons (Fsp3) is 0.556. The molecular weight excluding hydrogens is 182 g/mol. The minimum absolute atomic E-state index is 0.459. The summed E-state index contributed by atoms with van der Waals surface area (Å²) in [6.45, 7) is 1.92. The minimum Gasteiger partial charge on any atom is -0.354 e. The first-order valence-electron chi connectivity index (χ1n) is 4.58. The minimum atomic E-state index is 0.459. The Morgan fingerprint density at radius 3 is 3.15 bits per heavy atom. The highest BCUT2D eigenvalue weighted by atomic mass is 32.1. The molecule has 13 heavy (non-hydrogen) atoms. The van der Waals surface area contributed by atoms with Gasteiger partial charge in [0.15, 0.2) is 0 Å². The zero-order chi connectivity index (χ0) is 9.10. The molecule has 0 spiro atoms. The Labute approximate surface area is 82.1 Å².